The number of nitrogens with one attached hydrogen (secondary N) is 1. The Morgan fingerprint density at radius 1 is 1.44 bits per heavy atom. The van der Waals surface area contributed by atoms with Crippen LogP contribution in [0.2, 0.25) is 0 Å². The summed E-state index contributed by atoms with van der Waals surface area (Å²) in [6.45, 7) is 6.01. The molecule has 0 spiro atoms. The summed E-state index contributed by atoms with van der Waals surface area (Å²) in [6, 6.07) is 4.04. The van der Waals surface area contributed by atoms with Crippen molar-refractivity contribution in [2.75, 3.05) is 45.3 Å². The van der Waals surface area contributed by atoms with Crippen LogP contribution in [0.15, 0.2) is 18.3 Å². The Morgan fingerprint density at radius 3 is 2.94 bits per heavy atom. The number of aliphatic hydroxyl groups is 1. The van der Waals surface area contributed by atoms with Gasteiger partial charge in [-0.1, -0.05) is 0 Å². The van der Waals surface area contributed by atoms with E-state index >= 15 is 0 Å². The van der Waals surface area contributed by atoms with Crippen LogP contribution in [0.1, 0.15) is 12.5 Å². The lowest BCUT2D eigenvalue weighted by molar-refractivity contribution is 0.127. The van der Waals surface area contributed by atoms with Crippen molar-refractivity contribution in [1.82, 2.24) is 9.88 Å². The minimum absolute atomic E-state index is 0.162. The molecule has 1 aromatic heterocycles. The fourth-order valence-electron chi connectivity index (χ4n) is 1.74. The quantitative estimate of drug-likeness (QED) is 0.686. The largest absolute Gasteiger partial charge is 0.395 e. The Bertz CT molecular complexity index is 334. The van der Waals surface area contributed by atoms with Gasteiger partial charge in [-0.15, -0.1) is 0 Å². The molecule has 0 atom stereocenters. The second kappa shape index (κ2) is 8.85. The van der Waals surface area contributed by atoms with Crippen molar-refractivity contribution in [1.29, 1.82) is 0 Å². The Morgan fingerprint density at radius 2 is 2.28 bits per heavy atom. The minimum Gasteiger partial charge on any atom is -0.395 e. The van der Waals surface area contributed by atoms with E-state index in [4.69, 9.17) is 9.84 Å². The normalized spacial score (nSPS) is 10.9. The average molecular weight is 253 g/mol. The van der Waals surface area contributed by atoms with Crippen LogP contribution in [0.3, 0.4) is 0 Å². The molecule has 102 valence electrons. The number of anilines is 1. The number of rotatable bonds is 9. The van der Waals surface area contributed by atoms with Crippen LogP contribution >= 0.6 is 0 Å². The van der Waals surface area contributed by atoms with Crippen LogP contribution in [0.5, 0.6) is 0 Å². The molecule has 0 unspecified atom stereocenters. The molecular weight excluding hydrogens is 230 g/mol. The lowest BCUT2D eigenvalue weighted by Crippen LogP contribution is -2.29. The summed E-state index contributed by atoms with van der Waals surface area (Å²) in [4.78, 5) is 6.40. The van der Waals surface area contributed by atoms with Gasteiger partial charge in [0.25, 0.3) is 0 Å². The number of nitrogens with zero attached hydrogens (tertiary/aromatic N) is 2. The molecule has 0 saturated heterocycles. The summed E-state index contributed by atoms with van der Waals surface area (Å²) in [5.41, 5.74) is 1.19. The topological polar surface area (TPSA) is 57.6 Å². The SMILES string of the molecule is CCNc1cc(CN(CCO)CCOC)ccn1. The van der Waals surface area contributed by atoms with Crippen molar-refractivity contribution in [2.45, 2.75) is 13.5 Å². The highest BCUT2D eigenvalue weighted by Gasteiger charge is 2.06. The first kappa shape index (κ1) is 14.9. The van der Waals surface area contributed by atoms with E-state index in [9.17, 15) is 0 Å². The van der Waals surface area contributed by atoms with Gasteiger partial charge in [-0.2, -0.15) is 0 Å². The molecule has 0 amide bonds. The molecule has 18 heavy (non-hydrogen) atoms. The number of pyridine rings is 1. The van der Waals surface area contributed by atoms with E-state index in [1.54, 1.807) is 13.3 Å². The zero-order chi connectivity index (χ0) is 13.2. The molecule has 0 saturated carbocycles. The van der Waals surface area contributed by atoms with E-state index in [2.05, 4.69) is 15.2 Å². The van der Waals surface area contributed by atoms with Crippen LogP contribution < -0.4 is 5.32 Å². The number of hydrogen-bond donors (Lipinski definition) is 2. The van der Waals surface area contributed by atoms with Gasteiger partial charge in [-0.05, 0) is 24.6 Å². The van der Waals surface area contributed by atoms with Gasteiger partial charge in [0.1, 0.15) is 5.82 Å². The summed E-state index contributed by atoms with van der Waals surface area (Å²) >= 11 is 0. The Kier molecular flexibility index (Phi) is 7.32. The molecule has 0 radical (unpaired) electrons. The van der Waals surface area contributed by atoms with Gasteiger partial charge in [0.05, 0.1) is 13.2 Å². The fraction of sp³-hybridized carbons (Fsp3) is 0.615. The minimum atomic E-state index is 0.162. The zero-order valence-corrected chi connectivity index (χ0v) is 11.2. The second-order valence-electron chi connectivity index (χ2n) is 4.07. The van der Waals surface area contributed by atoms with E-state index in [1.807, 2.05) is 19.1 Å². The Labute approximate surface area is 109 Å². The number of hydrogen-bond acceptors (Lipinski definition) is 5. The number of methoxy groups -OCH3 is 1. The van der Waals surface area contributed by atoms with E-state index in [-0.39, 0.29) is 6.61 Å². The molecule has 0 aliphatic rings. The van der Waals surface area contributed by atoms with Crippen LogP contribution in [-0.4, -0.2) is 54.9 Å². The predicted octanol–water partition coefficient (Wildman–Crippen LogP) is 0.954. The summed E-state index contributed by atoms with van der Waals surface area (Å²) in [5.74, 6) is 0.894. The van der Waals surface area contributed by atoms with Crippen molar-refractivity contribution in [3.8, 4) is 0 Å². The first-order valence-electron chi connectivity index (χ1n) is 6.31. The summed E-state index contributed by atoms with van der Waals surface area (Å²) in [6.07, 6.45) is 1.81. The monoisotopic (exact) mass is 253 g/mol. The van der Waals surface area contributed by atoms with Crippen molar-refractivity contribution < 1.29 is 9.84 Å². The van der Waals surface area contributed by atoms with Crippen LogP contribution in [0.25, 0.3) is 0 Å². The lowest BCUT2D eigenvalue weighted by Gasteiger charge is -2.21. The number of ether oxygens (including phenoxy) is 1. The molecule has 0 aliphatic heterocycles. The van der Waals surface area contributed by atoms with E-state index < -0.39 is 0 Å². The van der Waals surface area contributed by atoms with Crippen molar-refractivity contribution in [3.63, 3.8) is 0 Å². The maximum Gasteiger partial charge on any atom is 0.126 e. The molecule has 1 aromatic rings. The van der Waals surface area contributed by atoms with Crippen LogP contribution in [-0.2, 0) is 11.3 Å². The predicted molar refractivity (Wildman–Crippen MR) is 72.6 cm³/mol. The third-order valence-electron chi connectivity index (χ3n) is 2.62. The van der Waals surface area contributed by atoms with Gasteiger partial charge in [-0.25, -0.2) is 4.98 Å². The van der Waals surface area contributed by atoms with Crippen molar-refractivity contribution >= 4 is 5.82 Å². The Balaban J connectivity index is 2.58. The Hall–Kier alpha value is -1.17. The van der Waals surface area contributed by atoms with Crippen molar-refractivity contribution in [3.05, 3.63) is 23.9 Å². The maximum atomic E-state index is 9.05. The van der Waals surface area contributed by atoms with E-state index in [0.29, 0.717) is 13.2 Å². The molecule has 0 aliphatic carbocycles. The van der Waals surface area contributed by atoms with Gasteiger partial charge >= 0.3 is 0 Å². The fourth-order valence-corrected chi connectivity index (χ4v) is 1.74. The molecule has 5 heteroatoms. The summed E-state index contributed by atoms with van der Waals surface area (Å²) in [7, 11) is 1.69. The molecule has 0 aromatic carbocycles. The molecule has 0 bridgehead atoms. The summed E-state index contributed by atoms with van der Waals surface area (Å²) in [5, 5.41) is 12.2. The van der Waals surface area contributed by atoms with Crippen LogP contribution in [0, 0.1) is 0 Å². The number of aliphatic hydroxyl groups excluding tert-OH is 1. The molecule has 5 nitrogen and oxygen atoms in total. The van der Waals surface area contributed by atoms with E-state index in [0.717, 1.165) is 25.5 Å². The van der Waals surface area contributed by atoms with Crippen LogP contribution in [0.4, 0.5) is 5.82 Å². The molecular formula is C13H23N3O2. The van der Waals surface area contributed by atoms with Gasteiger partial charge in [0.15, 0.2) is 0 Å². The summed E-state index contributed by atoms with van der Waals surface area (Å²) < 4.78 is 5.07. The molecule has 2 N–H and O–H groups in total. The highest BCUT2D eigenvalue weighted by molar-refractivity contribution is 5.37. The zero-order valence-electron chi connectivity index (χ0n) is 11.2. The first-order chi connectivity index (χ1) is 8.80. The maximum absolute atomic E-state index is 9.05. The third kappa shape index (κ3) is 5.44. The number of aromatic nitrogens is 1. The van der Waals surface area contributed by atoms with Crippen molar-refractivity contribution in [2.24, 2.45) is 0 Å². The molecule has 1 rings (SSSR count). The highest BCUT2D eigenvalue weighted by atomic mass is 16.5. The average Bonchev–Trinajstić information content (AvgIpc) is 2.37. The first-order valence-corrected chi connectivity index (χ1v) is 6.31. The highest BCUT2D eigenvalue weighted by Crippen LogP contribution is 2.09. The van der Waals surface area contributed by atoms with Gasteiger partial charge in [0.2, 0.25) is 0 Å². The second-order valence-corrected chi connectivity index (χ2v) is 4.07. The van der Waals surface area contributed by atoms with Gasteiger partial charge < -0.3 is 15.2 Å². The molecule has 1 heterocycles. The lowest BCUT2D eigenvalue weighted by atomic mass is 10.2. The standard InChI is InChI=1S/C13H23N3O2/c1-3-14-13-10-12(4-5-15-13)11-16(6-8-17)7-9-18-2/h4-5,10,17H,3,6-9,11H2,1-2H3,(H,14,15). The van der Waals surface area contributed by atoms with E-state index in [1.165, 1.54) is 5.56 Å². The van der Waals surface area contributed by atoms with Gasteiger partial charge in [-0.3, -0.25) is 4.90 Å². The molecule has 0 fully saturated rings. The third-order valence-corrected chi connectivity index (χ3v) is 2.62. The smallest absolute Gasteiger partial charge is 0.126 e. The van der Waals surface area contributed by atoms with Gasteiger partial charge in [0, 0.05) is 39.5 Å².